The number of aldehydes is 1. The maximum atomic E-state index is 14.6. The fourth-order valence-electron chi connectivity index (χ4n) is 3.52. The Kier molecular flexibility index (Phi) is 4.62. The number of nitrogens with two attached hydrogens (primary N) is 1. The molecular formula is C22H16F2N4O2. The quantitative estimate of drug-likeness (QED) is 0.675. The summed E-state index contributed by atoms with van der Waals surface area (Å²) in [6.45, 7) is 0. The van der Waals surface area contributed by atoms with Crippen LogP contribution >= 0.6 is 0 Å². The lowest BCUT2D eigenvalue weighted by Crippen LogP contribution is -2.41. The summed E-state index contributed by atoms with van der Waals surface area (Å²) in [6, 6.07) is 11.3. The second kappa shape index (κ2) is 7.14. The molecule has 3 aromatic rings. The van der Waals surface area contributed by atoms with Crippen molar-refractivity contribution < 1.29 is 18.4 Å². The molecular weight excluding hydrogens is 390 g/mol. The molecule has 0 saturated heterocycles. The Morgan fingerprint density at radius 3 is 2.27 bits per heavy atom. The van der Waals surface area contributed by atoms with E-state index < -0.39 is 23.1 Å². The summed E-state index contributed by atoms with van der Waals surface area (Å²) < 4.78 is 28.9. The average molecular weight is 406 g/mol. The molecule has 0 bridgehead atoms. The van der Waals surface area contributed by atoms with Gasteiger partial charge in [-0.3, -0.25) is 19.5 Å². The minimum absolute atomic E-state index is 0.0158. The van der Waals surface area contributed by atoms with Gasteiger partial charge in [0.2, 0.25) is 0 Å². The molecule has 150 valence electrons. The van der Waals surface area contributed by atoms with Crippen LogP contribution in [0.2, 0.25) is 0 Å². The first kappa shape index (κ1) is 19.4. The van der Waals surface area contributed by atoms with Crippen molar-refractivity contribution in [2.75, 3.05) is 7.05 Å². The number of guanidine groups is 1. The van der Waals surface area contributed by atoms with Crippen LogP contribution in [0.1, 0.15) is 21.5 Å². The van der Waals surface area contributed by atoms with Gasteiger partial charge in [-0.2, -0.15) is 0 Å². The van der Waals surface area contributed by atoms with Crippen molar-refractivity contribution in [1.29, 1.82) is 0 Å². The van der Waals surface area contributed by atoms with Gasteiger partial charge in [0.25, 0.3) is 5.91 Å². The maximum Gasteiger partial charge on any atom is 0.266 e. The van der Waals surface area contributed by atoms with Crippen molar-refractivity contribution in [2.24, 2.45) is 10.7 Å². The predicted molar refractivity (Wildman–Crippen MR) is 107 cm³/mol. The molecule has 8 heteroatoms. The molecule has 0 aliphatic carbocycles. The van der Waals surface area contributed by atoms with E-state index in [4.69, 9.17) is 5.73 Å². The van der Waals surface area contributed by atoms with E-state index in [-0.39, 0.29) is 17.1 Å². The minimum atomic E-state index is -1.60. The molecule has 0 radical (unpaired) electrons. The van der Waals surface area contributed by atoms with Crippen molar-refractivity contribution in [1.82, 2.24) is 9.88 Å². The Morgan fingerprint density at radius 1 is 1.00 bits per heavy atom. The lowest BCUT2D eigenvalue weighted by atomic mass is 9.81. The number of nitrogens with zero attached hydrogens (tertiary/aromatic N) is 3. The van der Waals surface area contributed by atoms with E-state index in [0.29, 0.717) is 23.0 Å². The van der Waals surface area contributed by atoms with E-state index in [1.54, 1.807) is 24.3 Å². The molecule has 1 atom stereocenters. The molecule has 2 heterocycles. The molecule has 2 N–H and O–H groups in total. The highest BCUT2D eigenvalue weighted by atomic mass is 19.1. The van der Waals surface area contributed by atoms with Crippen LogP contribution in [0.25, 0.3) is 11.1 Å². The van der Waals surface area contributed by atoms with Gasteiger partial charge in [-0.25, -0.2) is 13.8 Å². The fourth-order valence-corrected chi connectivity index (χ4v) is 3.52. The Balaban J connectivity index is 1.98. The van der Waals surface area contributed by atoms with Crippen LogP contribution in [0.3, 0.4) is 0 Å². The van der Waals surface area contributed by atoms with Crippen molar-refractivity contribution in [3.05, 3.63) is 89.2 Å². The molecule has 30 heavy (non-hydrogen) atoms. The molecule has 0 fully saturated rings. The van der Waals surface area contributed by atoms with E-state index in [1.165, 1.54) is 36.5 Å². The number of rotatable bonds is 4. The Morgan fingerprint density at radius 2 is 1.67 bits per heavy atom. The number of halogens is 2. The lowest BCUT2D eigenvalue weighted by molar-refractivity contribution is -0.129. The number of carbonyl (C=O) groups is 2. The van der Waals surface area contributed by atoms with Gasteiger partial charge >= 0.3 is 0 Å². The summed E-state index contributed by atoms with van der Waals surface area (Å²) in [5.41, 5.74) is 5.40. The highest BCUT2D eigenvalue weighted by Crippen LogP contribution is 2.41. The average Bonchev–Trinajstić information content (AvgIpc) is 2.99. The Labute approximate surface area is 170 Å². The molecule has 1 amide bonds. The smallest absolute Gasteiger partial charge is 0.266 e. The third-order valence-electron chi connectivity index (χ3n) is 5.15. The summed E-state index contributed by atoms with van der Waals surface area (Å²) in [6.07, 6.45) is 3.15. The molecule has 0 spiro atoms. The first-order valence-electron chi connectivity index (χ1n) is 8.97. The zero-order valence-corrected chi connectivity index (χ0v) is 15.8. The van der Waals surface area contributed by atoms with Crippen LogP contribution in [-0.2, 0) is 10.3 Å². The van der Waals surface area contributed by atoms with Gasteiger partial charge in [0.15, 0.2) is 11.5 Å². The molecule has 6 nitrogen and oxygen atoms in total. The van der Waals surface area contributed by atoms with Crippen LogP contribution in [-0.4, -0.2) is 35.1 Å². The van der Waals surface area contributed by atoms with Gasteiger partial charge in [-0.15, -0.1) is 0 Å². The number of hydrogen-bond donors (Lipinski definition) is 1. The van der Waals surface area contributed by atoms with E-state index in [2.05, 4.69) is 9.98 Å². The maximum absolute atomic E-state index is 14.6. The monoisotopic (exact) mass is 406 g/mol. The molecule has 0 saturated carbocycles. The van der Waals surface area contributed by atoms with Crippen LogP contribution in [0.4, 0.5) is 8.78 Å². The van der Waals surface area contributed by atoms with Crippen LogP contribution < -0.4 is 5.73 Å². The number of amides is 1. The van der Waals surface area contributed by atoms with Crippen molar-refractivity contribution in [3.63, 3.8) is 0 Å². The third-order valence-corrected chi connectivity index (χ3v) is 5.15. The van der Waals surface area contributed by atoms with Gasteiger partial charge < -0.3 is 5.73 Å². The first-order chi connectivity index (χ1) is 14.4. The van der Waals surface area contributed by atoms with Gasteiger partial charge in [0, 0.05) is 36.1 Å². The first-order valence-corrected chi connectivity index (χ1v) is 8.97. The van der Waals surface area contributed by atoms with Gasteiger partial charge in [0.05, 0.1) is 0 Å². The van der Waals surface area contributed by atoms with Gasteiger partial charge in [-0.1, -0.05) is 30.3 Å². The summed E-state index contributed by atoms with van der Waals surface area (Å²) in [4.78, 5) is 33.8. The second-order valence-corrected chi connectivity index (χ2v) is 6.83. The largest absolute Gasteiger partial charge is 0.369 e. The van der Waals surface area contributed by atoms with Crippen LogP contribution in [0.5, 0.6) is 0 Å². The van der Waals surface area contributed by atoms with E-state index >= 15 is 0 Å². The predicted octanol–water partition coefficient (Wildman–Crippen LogP) is 2.87. The van der Waals surface area contributed by atoms with Crippen molar-refractivity contribution in [2.45, 2.75) is 5.54 Å². The van der Waals surface area contributed by atoms with E-state index in [1.807, 2.05) is 0 Å². The van der Waals surface area contributed by atoms with Crippen LogP contribution in [0.15, 0.2) is 65.9 Å². The minimum Gasteiger partial charge on any atom is -0.369 e. The third kappa shape index (κ3) is 2.85. The highest BCUT2D eigenvalue weighted by molar-refractivity contribution is 6.09. The van der Waals surface area contributed by atoms with Gasteiger partial charge in [-0.05, 0) is 29.3 Å². The number of carbonyl (C=O) groups excluding carboxylic acids is 2. The zero-order valence-electron chi connectivity index (χ0n) is 15.8. The number of pyridine rings is 1. The summed E-state index contributed by atoms with van der Waals surface area (Å²) in [5, 5.41) is 0. The number of hydrogen-bond acceptors (Lipinski definition) is 5. The molecule has 4 rings (SSSR count). The topological polar surface area (TPSA) is 88.7 Å². The molecule has 1 aromatic heterocycles. The summed E-state index contributed by atoms with van der Waals surface area (Å²) in [7, 11) is 1.48. The SMILES string of the molecule is CN1C(=O)[C@@](c2ccc(C=O)cc2)(c2ccc(F)c(-c3cnccc3F)c2)N=C1N. The van der Waals surface area contributed by atoms with Crippen LogP contribution in [0, 0.1) is 11.6 Å². The normalized spacial score (nSPS) is 18.4. The summed E-state index contributed by atoms with van der Waals surface area (Å²) in [5.74, 6) is -1.79. The molecule has 2 aromatic carbocycles. The molecule has 1 aliphatic rings. The number of aromatic nitrogens is 1. The molecule has 1 aliphatic heterocycles. The molecule has 0 unspecified atom stereocenters. The van der Waals surface area contributed by atoms with Gasteiger partial charge in [0.1, 0.15) is 17.9 Å². The second-order valence-electron chi connectivity index (χ2n) is 6.83. The van der Waals surface area contributed by atoms with E-state index in [0.717, 1.165) is 12.1 Å². The number of aliphatic imine (C=N–C) groups is 1. The fraction of sp³-hybridized carbons (Fsp3) is 0.0909. The zero-order chi connectivity index (χ0) is 21.5. The van der Waals surface area contributed by atoms with Crippen molar-refractivity contribution in [3.8, 4) is 11.1 Å². The Hall–Kier alpha value is -3.94. The summed E-state index contributed by atoms with van der Waals surface area (Å²) >= 11 is 0. The standard InChI is InChI=1S/C22H16F2N4O2/c1-28-20(30)22(27-21(28)25,14-4-2-13(12-29)3-5-14)15-6-7-18(23)16(10-15)17-11-26-9-8-19(17)24/h2-12H,1H3,(H2,25,27)/t22-/m1/s1. The Bertz CT molecular complexity index is 1190. The highest BCUT2D eigenvalue weighted by Gasteiger charge is 2.49. The number of likely N-dealkylation sites (N-methyl/N-ethyl adjacent to an activating group) is 1. The lowest BCUT2D eigenvalue weighted by Gasteiger charge is -2.26. The van der Waals surface area contributed by atoms with E-state index in [9.17, 15) is 18.4 Å². The van der Waals surface area contributed by atoms with Crippen molar-refractivity contribution >= 4 is 18.2 Å². The number of benzene rings is 2.